The van der Waals surface area contributed by atoms with Gasteiger partial charge in [0, 0.05) is 0 Å². The van der Waals surface area contributed by atoms with E-state index in [0.717, 1.165) is 12.8 Å². The molecular formula is C8H12O3. The number of aliphatic hydroxyl groups excluding tert-OH is 1. The Morgan fingerprint density at radius 2 is 2.09 bits per heavy atom. The Balaban J connectivity index is 2.14. The Morgan fingerprint density at radius 1 is 1.36 bits per heavy atom. The Kier molecular flexibility index (Phi) is 1.42. The van der Waals surface area contributed by atoms with Gasteiger partial charge in [-0.15, -0.1) is 0 Å². The maximum Gasteiger partial charge on any atom is 0.306 e. The van der Waals surface area contributed by atoms with Gasteiger partial charge < -0.3 is 10.2 Å². The van der Waals surface area contributed by atoms with Gasteiger partial charge in [-0.05, 0) is 31.1 Å². The van der Waals surface area contributed by atoms with E-state index in [2.05, 4.69) is 0 Å². The Bertz CT molecular complexity index is 190. The van der Waals surface area contributed by atoms with Gasteiger partial charge in [0.15, 0.2) is 0 Å². The van der Waals surface area contributed by atoms with E-state index >= 15 is 0 Å². The van der Waals surface area contributed by atoms with E-state index in [4.69, 9.17) is 5.11 Å². The molecule has 2 aliphatic rings. The van der Waals surface area contributed by atoms with Crippen molar-refractivity contribution in [1.29, 1.82) is 0 Å². The van der Waals surface area contributed by atoms with Crippen molar-refractivity contribution in [2.45, 2.75) is 25.4 Å². The molecule has 0 amide bonds. The van der Waals surface area contributed by atoms with Crippen LogP contribution in [-0.4, -0.2) is 22.3 Å². The zero-order valence-electron chi connectivity index (χ0n) is 6.23. The fourth-order valence-corrected chi connectivity index (χ4v) is 2.58. The van der Waals surface area contributed by atoms with Crippen LogP contribution in [0.3, 0.4) is 0 Å². The maximum absolute atomic E-state index is 10.6. The van der Waals surface area contributed by atoms with Crippen LogP contribution in [-0.2, 0) is 4.79 Å². The first-order chi connectivity index (χ1) is 5.20. The van der Waals surface area contributed by atoms with Crippen LogP contribution in [0.4, 0.5) is 0 Å². The predicted molar refractivity (Wildman–Crippen MR) is 38.0 cm³/mol. The number of carboxylic acid groups (broad SMARTS) is 1. The van der Waals surface area contributed by atoms with Gasteiger partial charge in [-0.2, -0.15) is 0 Å². The molecule has 62 valence electrons. The summed E-state index contributed by atoms with van der Waals surface area (Å²) in [6.07, 6.45) is 2.30. The second kappa shape index (κ2) is 2.21. The third-order valence-electron chi connectivity index (χ3n) is 3.18. The summed E-state index contributed by atoms with van der Waals surface area (Å²) < 4.78 is 0. The standard InChI is InChI=1S/C8H12O3/c9-7-4-1-2-5(7)6(3-4)8(10)11/h4-7,9H,1-3H2,(H,10,11)/t4-,5-,6-,7+/m1/s1. The number of aliphatic carboxylic acids is 1. The van der Waals surface area contributed by atoms with Gasteiger partial charge in [0.2, 0.25) is 0 Å². The molecular weight excluding hydrogens is 144 g/mol. The monoisotopic (exact) mass is 156 g/mol. The van der Waals surface area contributed by atoms with Crippen molar-refractivity contribution in [1.82, 2.24) is 0 Å². The molecule has 2 bridgehead atoms. The summed E-state index contributed by atoms with van der Waals surface area (Å²) in [4.78, 5) is 10.6. The molecule has 3 nitrogen and oxygen atoms in total. The van der Waals surface area contributed by atoms with Crippen LogP contribution in [0.5, 0.6) is 0 Å². The van der Waals surface area contributed by atoms with Crippen LogP contribution in [0.15, 0.2) is 0 Å². The lowest BCUT2D eigenvalue weighted by atomic mass is 9.89. The zero-order valence-corrected chi connectivity index (χ0v) is 6.23. The van der Waals surface area contributed by atoms with Crippen LogP contribution in [0.25, 0.3) is 0 Å². The lowest BCUT2D eigenvalue weighted by Gasteiger charge is -2.15. The number of hydrogen-bond donors (Lipinski definition) is 2. The molecule has 3 heteroatoms. The molecule has 0 aromatic carbocycles. The molecule has 0 unspecified atom stereocenters. The summed E-state index contributed by atoms with van der Waals surface area (Å²) in [6.45, 7) is 0. The molecule has 0 aromatic rings. The molecule has 0 spiro atoms. The quantitative estimate of drug-likeness (QED) is 0.580. The summed E-state index contributed by atoms with van der Waals surface area (Å²) in [5, 5.41) is 18.2. The predicted octanol–water partition coefficient (Wildman–Crippen LogP) is 0.478. The normalized spacial score (nSPS) is 48.1. The number of carbonyl (C=O) groups is 1. The van der Waals surface area contributed by atoms with Crippen LogP contribution in [0, 0.1) is 17.8 Å². The van der Waals surface area contributed by atoms with Gasteiger partial charge in [0.05, 0.1) is 12.0 Å². The van der Waals surface area contributed by atoms with E-state index in [1.165, 1.54) is 0 Å². The SMILES string of the molecule is O=C(O)[C@@H]1C[C@H]2CC[C@H]1[C@H]2O. The van der Waals surface area contributed by atoms with Gasteiger partial charge in [0.25, 0.3) is 0 Å². The van der Waals surface area contributed by atoms with Gasteiger partial charge in [-0.1, -0.05) is 0 Å². The molecule has 0 aromatic heterocycles. The van der Waals surface area contributed by atoms with Crippen molar-refractivity contribution in [3.8, 4) is 0 Å². The molecule has 2 fully saturated rings. The summed E-state index contributed by atoms with van der Waals surface area (Å²) in [5.41, 5.74) is 0. The number of aliphatic hydroxyl groups is 1. The van der Waals surface area contributed by atoms with E-state index < -0.39 is 5.97 Å². The van der Waals surface area contributed by atoms with E-state index in [1.54, 1.807) is 0 Å². The smallest absolute Gasteiger partial charge is 0.306 e. The van der Waals surface area contributed by atoms with Crippen molar-refractivity contribution < 1.29 is 15.0 Å². The summed E-state index contributed by atoms with van der Waals surface area (Å²) >= 11 is 0. The second-order valence-electron chi connectivity index (χ2n) is 3.67. The molecule has 2 saturated carbocycles. The van der Waals surface area contributed by atoms with E-state index in [9.17, 15) is 9.90 Å². The van der Waals surface area contributed by atoms with E-state index in [-0.39, 0.29) is 23.9 Å². The number of hydrogen-bond acceptors (Lipinski definition) is 2. The Hall–Kier alpha value is -0.570. The third kappa shape index (κ3) is 0.872. The van der Waals surface area contributed by atoms with E-state index in [1.807, 2.05) is 0 Å². The van der Waals surface area contributed by atoms with Gasteiger partial charge >= 0.3 is 5.97 Å². The highest BCUT2D eigenvalue weighted by Gasteiger charge is 2.49. The molecule has 2 rings (SSSR count). The topological polar surface area (TPSA) is 57.5 Å². The van der Waals surface area contributed by atoms with E-state index in [0.29, 0.717) is 6.42 Å². The van der Waals surface area contributed by atoms with Crippen LogP contribution in [0.1, 0.15) is 19.3 Å². The highest BCUT2D eigenvalue weighted by molar-refractivity contribution is 5.71. The minimum Gasteiger partial charge on any atom is -0.481 e. The highest BCUT2D eigenvalue weighted by Crippen LogP contribution is 2.48. The minimum atomic E-state index is -0.726. The minimum absolute atomic E-state index is 0.0532. The van der Waals surface area contributed by atoms with Gasteiger partial charge in [-0.3, -0.25) is 4.79 Å². The maximum atomic E-state index is 10.6. The number of fused-ring (bicyclic) bond motifs is 2. The molecule has 0 radical (unpaired) electrons. The third-order valence-corrected chi connectivity index (χ3v) is 3.18. The first-order valence-corrected chi connectivity index (χ1v) is 4.11. The van der Waals surface area contributed by atoms with Crippen molar-refractivity contribution in [3.05, 3.63) is 0 Å². The van der Waals surface area contributed by atoms with Crippen LogP contribution < -0.4 is 0 Å². The van der Waals surface area contributed by atoms with Crippen molar-refractivity contribution in [2.75, 3.05) is 0 Å². The summed E-state index contributed by atoms with van der Waals surface area (Å²) in [6, 6.07) is 0. The zero-order chi connectivity index (χ0) is 8.01. The van der Waals surface area contributed by atoms with Gasteiger partial charge in [-0.25, -0.2) is 0 Å². The Labute approximate surface area is 65.0 Å². The van der Waals surface area contributed by atoms with Crippen molar-refractivity contribution in [2.24, 2.45) is 17.8 Å². The van der Waals surface area contributed by atoms with Crippen LogP contribution >= 0.6 is 0 Å². The fourth-order valence-electron chi connectivity index (χ4n) is 2.58. The molecule has 2 N–H and O–H groups in total. The average Bonchev–Trinajstić information content (AvgIpc) is 2.46. The average molecular weight is 156 g/mol. The summed E-state index contributed by atoms with van der Waals surface area (Å²) in [5.74, 6) is -0.654. The van der Waals surface area contributed by atoms with Crippen LogP contribution in [0.2, 0.25) is 0 Å². The molecule has 2 aliphatic carbocycles. The second-order valence-corrected chi connectivity index (χ2v) is 3.67. The first-order valence-electron chi connectivity index (χ1n) is 4.11. The molecule has 0 heterocycles. The number of rotatable bonds is 1. The first kappa shape index (κ1) is 7.10. The lowest BCUT2D eigenvalue weighted by molar-refractivity contribution is -0.143. The highest BCUT2D eigenvalue weighted by atomic mass is 16.4. The van der Waals surface area contributed by atoms with Crippen molar-refractivity contribution in [3.63, 3.8) is 0 Å². The molecule has 0 aliphatic heterocycles. The summed E-state index contributed by atoms with van der Waals surface area (Å²) in [7, 11) is 0. The van der Waals surface area contributed by atoms with Gasteiger partial charge in [0.1, 0.15) is 0 Å². The molecule has 0 saturated heterocycles. The fraction of sp³-hybridized carbons (Fsp3) is 0.875. The molecule has 11 heavy (non-hydrogen) atoms. The number of carboxylic acids is 1. The van der Waals surface area contributed by atoms with Crippen molar-refractivity contribution >= 4 is 5.97 Å². The lowest BCUT2D eigenvalue weighted by Crippen LogP contribution is -2.22. The Morgan fingerprint density at radius 3 is 2.36 bits per heavy atom. The molecule has 4 atom stereocenters. The largest absolute Gasteiger partial charge is 0.481 e.